The van der Waals surface area contributed by atoms with E-state index in [4.69, 9.17) is 20.5 Å². The summed E-state index contributed by atoms with van der Waals surface area (Å²) >= 11 is 1.43. The van der Waals surface area contributed by atoms with Crippen LogP contribution in [0.25, 0.3) is 10.4 Å². The maximum absolute atomic E-state index is 9.12. The Kier molecular flexibility index (Phi) is 3.07. The van der Waals surface area contributed by atoms with E-state index >= 15 is 0 Å². The second-order valence-corrected chi connectivity index (χ2v) is 5.04. The van der Waals surface area contributed by atoms with Gasteiger partial charge < -0.3 is 15.2 Å². The van der Waals surface area contributed by atoms with Gasteiger partial charge in [-0.2, -0.15) is 5.26 Å². The molecule has 0 aliphatic carbocycles. The second-order valence-electron chi connectivity index (χ2n) is 3.96. The molecule has 0 saturated heterocycles. The van der Waals surface area contributed by atoms with Crippen molar-refractivity contribution in [2.45, 2.75) is 6.54 Å². The fourth-order valence-corrected chi connectivity index (χ4v) is 2.80. The molecular weight excluding hydrogens is 262 g/mol. The van der Waals surface area contributed by atoms with E-state index in [-0.39, 0.29) is 0 Å². The maximum atomic E-state index is 9.12. The third kappa shape index (κ3) is 2.14. The Labute approximate surface area is 114 Å². The SMILES string of the molecule is N#Cc1nc(CN)sc1-c1ccc2c(c1)OCCO2. The molecule has 0 spiro atoms. The summed E-state index contributed by atoms with van der Waals surface area (Å²) < 4.78 is 11.0. The highest BCUT2D eigenvalue weighted by Crippen LogP contribution is 2.37. The minimum Gasteiger partial charge on any atom is -0.486 e. The summed E-state index contributed by atoms with van der Waals surface area (Å²) in [7, 11) is 0. The predicted molar refractivity (Wildman–Crippen MR) is 71.1 cm³/mol. The van der Waals surface area contributed by atoms with Crippen molar-refractivity contribution in [3.63, 3.8) is 0 Å². The number of fused-ring (bicyclic) bond motifs is 1. The maximum Gasteiger partial charge on any atom is 0.162 e. The zero-order chi connectivity index (χ0) is 13.2. The first kappa shape index (κ1) is 12.0. The Balaban J connectivity index is 2.07. The molecule has 5 nitrogen and oxygen atoms in total. The van der Waals surface area contributed by atoms with Gasteiger partial charge in [-0.15, -0.1) is 11.3 Å². The Morgan fingerprint density at radius 2 is 2.11 bits per heavy atom. The van der Waals surface area contributed by atoms with Crippen LogP contribution in [0.2, 0.25) is 0 Å². The van der Waals surface area contributed by atoms with Crippen LogP contribution in [-0.2, 0) is 6.54 Å². The van der Waals surface area contributed by atoms with Gasteiger partial charge in [0.05, 0.1) is 4.88 Å². The van der Waals surface area contributed by atoms with Crippen molar-refractivity contribution in [3.8, 4) is 28.0 Å². The molecule has 1 aromatic carbocycles. The van der Waals surface area contributed by atoms with Gasteiger partial charge in [-0.3, -0.25) is 0 Å². The van der Waals surface area contributed by atoms with E-state index in [9.17, 15) is 0 Å². The van der Waals surface area contributed by atoms with Crippen molar-refractivity contribution >= 4 is 11.3 Å². The van der Waals surface area contributed by atoms with Crippen LogP contribution < -0.4 is 15.2 Å². The molecule has 2 heterocycles. The first-order chi connectivity index (χ1) is 9.31. The van der Waals surface area contributed by atoms with Gasteiger partial charge in [0, 0.05) is 6.54 Å². The van der Waals surface area contributed by atoms with E-state index < -0.39 is 0 Å². The normalized spacial score (nSPS) is 13.1. The quantitative estimate of drug-likeness (QED) is 0.904. The molecule has 0 fully saturated rings. The number of hydrogen-bond donors (Lipinski definition) is 1. The van der Waals surface area contributed by atoms with Gasteiger partial charge in [0.2, 0.25) is 0 Å². The third-order valence-corrected chi connectivity index (χ3v) is 3.88. The molecule has 1 aliphatic heterocycles. The van der Waals surface area contributed by atoms with Crippen LogP contribution >= 0.6 is 11.3 Å². The van der Waals surface area contributed by atoms with Gasteiger partial charge >= 0.3 is 0 Å². The number of benzene rings is 1. The number of ether oxygens (including phenoxy) is 2. The van der Waals surface area contributed by atoms with Crippen molar-refractivity contribution in [2.75, 3.05) is 13.2 Å². The molecule has 0 atom stereocenters. The lowest BCUT2D eigenvalue weighted by Crippen LogP contribution is -2.15. The molecule has 3 rings (SSSR count). The molecular formula is C13H11N3O2S. The Morgan fingerprint density at radius 3 is 2.84 bits per heavy atom. The lowest BCUT2D eigenvalue weighted by molar-refractivity contribution is 0.171. The van der Waals surface area contributed by atoms with Crippen LogP contribution in [0.1, 0.15) is 10.7 Å². The number of nitrogens with zero attached hydrogens (tertiary/aromatic N) is 2. The van der Waals surface area contributed by atoms with Crippen LogP contribution in [0.4, 0.5) is 0 Å². The summed E-state index contributed by atoms with van der Waals surface area (Å²) in [5.41, 5.74) is 6.88. The Bertz CT molecular complexity index is 660. The number of nitriles is 1. The van der Waals surface area contributed by atoms with Crippen LogP contribution in [0.5, 0.6) is 11.5 Å². The van der Waals surface area contributed by atoms with Crippen molar-refractivity contribution in [2.24, 2.45) is 5.73 Å². The molecule has 1 aromatic heterocycles. The number of thiazole rings is 1. The summed E-state index contributed by atoms with van der Waals surface area (Å²) in [5.74, 6) is 1.44. The molecule has 0 unspecified atom stereocenters. The van der Waals surface area contributed by atoms with E-state index in [1.165, 1.54) is 11.3 Å². The monoisotopic (exact) mass is 273 g/mol. The zero-order valence-electron chi connectivity index (χ0n) is 10.0. The second kappa shape index (κ2) is 4.88. The van der Waals surface area contributed by atoms with Gasteiger partial charge in [-0.1, -0.05) is 0 Å². The molecule has 96 valence electrons. The summed E-state index contributed by atoms with van der Waals surface area (Å²) in [4.78, 5) is 5.02. The van der Waals surface area contributed by atoms with Crippen molar-refractivity contribution in [3.05, 3.63) is 28.9 Å². The van der Waals surface area contributed by atoms with E-state index in [1.54, 1.807) is 0 Å². The van der Waals surface area contributed by atoms with E-state index in [0.717, 1.165) is 21.2 Å². The van der Waals surface area contributed by atoms with E-state index in [0.29, 0.717) is 31.2 Å². The van der Waals surface area contributed by atoms with Crippen molar-refractivity contribution in [1.82, 2.24) is 4.98 Å². The number of hydrogen-bond acceptors (Lipinski definition) is 6. The van der Waals surface area contributed by atoms with Crippen LogP contribution in [-0.4, -0.2) is 18.2 Å². The van der Waals surface area contributed by atoms with Crippen molar-refractivity contribution < 1.29 is 9.47 Å². The van der Waals surface area contributed by atoms with Crippen LogP contribution in [0.3, 0.4) is 0 Å². The predicted octanol–water partition coefficient (Wildman–Crippen LogP) is 1.91. The molecule has 1 aliphatic rings. The van der Waals surface area contributed by atoms with Crippen LogP contribution in [0.15, 0.2) is 18.2 Å². The minimum atomic E-state index is 0.337. The highest BCUT2D eigenvalue weighted by Gasteiger charge is 2.16. The molecule has 0 amide bonds. The summed E-state index contributed by atoms with van der Waals surface area (Å²) in [5, 5.41) is 9.88. The smallest absolute Gasteiger partial charge is 0.162 e. The van der Waals surface area contributed by atoms with Gasteiger partial charge in [0.15, 0.2) is 17.2 Å². The van der Waals surface area contributed by atoms with Gasteiger partial charge in [0.25, 0.3) is 0 Å². The highest BCUT2D eigenvalue weighted by atomic mass is 32.1. The van der Waals surface area contributed by atoms with Gasteiger partial charge in [-0.25, -0.2) is 4.98 Å². The lowest BCUT2D eigenvalue weighted by Gasteiger charge is -2.18. The first-order valence-corrected chi connectivity index (χ1v) is 6.63. The largest absolute Gasteiger partial charge is 0.486 e. The number of rotatable bonds is 2. The zero-order valence-corrected chi connectivity index (χ0v) is 10.9. The summed E-state index contributed by atoms with van der Waals surface area (Å²) in [6, 6.07) is 7.74. The first-order valence-electron chi connectivity index (χ1n) is 5.81. The topological polar surface area (TPSA) is 81.2 Å². The molecule has 6 heteroatoms. The third-order valence-electron chi connectivity index (χ3n) is 2.76. The number of nitrogens with two attached hydrogens (primary N) is 1. The highest BCUT2D eigenvalue weighted by molar-refractivity contribution is 7.15. The van der Waals surface area contributed by atoms with E-state index in [1.807, 2.05) is 18.2 Å². The molecule has 0 bridgehead atoms. The summed E-state index contributed by atoms with van der Waals surface area (Å²) in [6.07, 6.45) is 0. The Morgan fingerprint density at radius 1 is 1.32 bits per heavy atom. The number of aromatic nitrogens is 1. The molecule has 2 aromatic rings. The average Bonchev–Trinajstić information content (AvgIpc) is 2.90. The average molecular weight is 273 g/mol. The van der Waals surface area contributed by atoms with Crippen LogP contribution in [0, 0.1) is 11.3 Å². The fourth-order valence-electron chi connectivity index (χ4n) is 1.91. The minimum absolute atomic E-state index is 0.337. The summed E-state index contributed by atoms with van der Waals surface area (Å²) in [6.45, 7) is 1.44. The van der Waals surface area contributed by atoms with Gasteiger partial charge in [0.1, 0.15) is 24.3 Å². The Hall–Kier alpha value is -2.10. The standard InChI is InChI=1S/C13H11N3O2S/c14-6-9-13(19-12(7-15)16-9)8-1-2-10-11(5-8)18-4-3-17-10/h1-2,5H,3-4,7,15H2. The van der Waals surface area contributed by atoms with E-state index in [2.05, 4.69) is 11.1 Å². The van der Waals surface area contributed by atoms with Crippen molar-refractivity contribution in [1.29, 1.82) is 5.26 Å². The molecule has 2 N–H and O–H groups in total. The lowest BCUT2D eigenvalue weighted by atomic mass is 10.1. The van der Waals surface area contributed by atoms with Gasteiger partial charge in [-0.05, 0) is 23.8 Å². The molecule has 0 saturated carbocycles. The molecule has 19 heavy (non-hydrogen) atoms. The fraction of sp³-hybridized carbons (Fsp3) is 0.231. The molecule has 0 radical (unpaired) electrons.